The van der Waals surface area contributed by atoms with Crippen LogP contribution in [0.1, 0.15) is 5.56 Å². The fourth-order valence-corrected chi connectivity index (χ4v) is 1.65. The largest absolute Gasteiger partial charge is 0.473 e. The van der Waals surface area contributed by atoms with Crippen molar-refractivity contribution in [2.75, 3.05) is 7.05 Å². The molecular weight excluding hydrogens is 248 g/mol. The number of carboxylic acids is 2. The summed E-state index contributed by atoms with van der Waals surface area (Å²) in [6.45, 7) is 0.935. The van der Waals surface area contributed by atoms with E-state index in [1.54, 1.807) is 0 Å². The number of fused-ring (bicyclic) bond motifs is 1. The van der Waals surface area contributed by atoms with Gasteiger partial charge in [-0.1, -0.05) is 6.07 Å². The van der Waals surface area contributed by atoms with Crippen molar-refractivity contribution >= 4 is 22.8 Å². The van der Waals surface area contributed by atoms with Gasteiger partial charge in [-0.15, -0.1) is 0 Å². The van der Waals surface area contributed by atoms with Crippen LogP contribution in [-0.2, 0) is 23.2 Å². The number of rotatable bonds is 2. The van der Waals surface area contributed by atoms with Crippen LogP contribution in [0.3, 0.4) is 0 Å². The number of carbonyl (C=O) groups is 2. The third-order valence-corrected chi connectivity index (χ3v) is 2.51. The van der Waals surface area contributed by atoms with Crippen molar-refractivity contribution in [1.82, 2.24) is 9.88 Å². The third-order valence-electron chi connectivity index (χ3n) is 2.51. The van der Waals surface area contributed by atoms with Gasteiger partial charge in [0, 0.05) is 25.3 Å². The number of hydrogen-bond donors (Lipinski definition) is 3. The summed E-state index contributed by atoms with van der Waals surface area (Å²) in [6.07, 6.45) is 2.09. The molecule has 0 unspecified atom stereocenters. The molecule has 0 saturated heterocycles. The number of aryl methyl sites for hydroxylation is 1. The maximum Gasteiger partial charge on any atom is 0.414 e. The molecule has 2 aromatic rings. The number of hydrogen-bond acceptors (Lipinski definition) is 3. The quantitative estimate of drug-likeness (QED) is 0.705. The standard InChI is InChI=1S/C11H14N2.C2H2O4/c1-12-8-9-3-4-11-10(7-9)5-6-13(11)2;3-1(4)2(5)6/h3-7,12H,8H2,1-2H3;(H,3,4)(H,5,6). The fourth-order valence-electron chi connectivity index (χ4n) is 1.65. The highest BCUT2D eigenvalue weighted by Gasteiger charge is 2.04. The summed E-state index contributed by atoms with van der Waals surface area (Å²) in [7, 11) is 4.04. The number of carboxylic acid groups (broad SMARTS) is 2. The predicted octanol–water partition coefficient (Wildman–Crippen LogP) is 1.05. The van der Waals surface area contributed by atoms with E-state index >= 15 is 0 Å². The summed E-state index contributed by atoms with van der Waals surface area (Å²) >= 11 is 0. The summed E-state index contributed by atoms with van der Waals surface area (Å²) < 4.78 is 2.14. The zero-order valence-corrected chi connectivity index (χ0v) is 10.8. The monoisotopic (exact) mass is 264 g/mol. The van der Waals surface area contributed by atoms with E-state index in [1.807, 2.05) is 7.05 Å². The zero-order valence-electron chi connectivity index (χ0n) is 10.8. The molecule has 1 aromatic carbocycles. The first-order valence-corrected chi connectivity index (χ1v) is 5.60. The number of benzene rings is 1. The SMILES string of the molecule is CNCc1ccc2c(ccn2C)c1.O=C(O)C(=O)O. The molecule has 0 amide bonds. The summed E-state index contributed by atoms with van der Waals surface area (Å²) in [5.74, 6) is -3.65. The molecule has 6 heteroatoms. The second kappa shape index (κ2) is 6.55. The van der Waals surface area contributed by atoms with Gasteiger partial charge in [0.2, 0.25) is 0 Å². The van der Waals surface area contributed by atoms with Crippen LogP contribution in [0.5, 0.6) is 0 Å². The van der Waals surface area contributed by atoms with E-state index < -0.39 is 11.9 Å². The van der Waals surface area contributed by atoms with Gasteiger partial charge in [-0.25, -0.2) is 9.59 Å². The molecule has 1 heterocycles. The Morgan fingerprint density at radius 3 is 2.37 bits per heavy atom. The van der Waals surface area contributed by atoms with Gasteiger partial charge in [0.05, 0.1) is 0 Å². The molecule has 0 spiro atoms. The number of aliphatic carboxylic acids is 2. The van der Waals surface area contributed by atoms with Gasteiger partial charge in [0.25, 0.3) is 0 Å². The lowest BCUT2D eigenvalue weighted by atomic mass is 10.1. The van der Waals surface area contributed by atoms with E-state index in [1.165, 1.54) is 16.5 Å². The van der Waals surface area contributed by atoms with Gasteiger partial charge in [-0.05, 0) is 36.2 Å². The molecule has 0 radical (unpaired) electrons. The van der Waals surface area contributed by atoms with E-state index in [0.717, 1.165) is 6.54 Å². The molecule has 0 atom stereocenters. The van der Waals surface area contributed by atoms with Crippen LogP contribution in [0.2, 0.25) is 0 Å². The smallest absolute Gasteiger partial charge is 0.414 e. The summed E-state index contributed by atoms with van der Waals surface area (Å²) in [5, 5.41) is 19.2. The lowest BCUT2D eigenvalue weighted by Crippen LogP contribution is -2.09. The lowest BCUT2D eigenvalue weighted by molar-refractivity contribution is -0.159. The van der Waals surface area contributed by atoms with Gasteiger partial charge in [-0.2, -0.15) is 0 Å². The summed E-state index contributed by atoms with van der Waals surface area (Å²) in [4.78, 5) is 18.2. The second-order valence-electron chi connectivity index (χ2n) is 3.96. The van der Waals surface area contributed by atoms with Crippen molar-refractivity contribution in [3.05, 3.63) is 36.0 Å². The molecular formula is C13H16N2O4. The molecule has 2 rings (SSSR count). The number of nitrogens with one attached hydrogen (secondary N) is 1. The van der Waals surface area contributed by atoms with Crippen LogP contribution in [0.15, 0.2) is 30.5 Å². The van der Waals surface area contributed by atoms with Crippen molar-refractivity contribution in [3.63, 3.8) is 0 Å². The highest BCUT2D eigenvalue weighted by atomic mass is 16.4. The Labute approximate surface area is 110 Å². The Balaban J connectivity index is 0.000000258. The minimum absolute atomic E-state index is 0.935. The zero-order chi connectivity index (χ0) is 14.4. The van der Waals surface area contributed by atoms with E-state index in [2.05, 4.69) is 47.4 Å². The van der Waals surface area contributed by atoms with Crippen molar-refractivity contribution in [2.24, 2.45) is 7.05 Å². The topological polar surface area (TPSA) is 91.6 Å². The molecule has 3 N–H and O–H groups in total. The van der Waals surface area contributed by atoms with Crippen molar-refractivity contribution in [1.29, 1.82) is 0 Å². The Kier molecular flexibility index (Phi) is 5.08. The van der Waals surface area contributed by atoms with Crippen molar-refractivity contribution < 1.29 is 19.8 Å². The Morgan fingerprint density at radius 2 is 1.84 bits per heavy atom. The highest BCUT2D eigenvalue weighted by Crippen LogP contribution is 2.16. The van der Waals surface area contributed by atoms with Gasteiger partial charge >= 0.3 is 11.9 Å². The summed E-state index contributed by atoms with van der Waals surface area (Å²) in [5.41, 5.74) is 2.63. The lowest BCUT2D eigenvalue weighted by Gasteiger charge is -2.01. The second-order valence-corrected chi connectivity index (χ2v) is 3.96. The minimum atomic E-state index is -1.82. The Morgan fingerprint density at radius 1 is 1.21 bits per heavy atom. The maximum absolute atomic E-state index is 9.10. The molecule has 6 nitrogen and oxygen atoms in total. The van der Waals surface area contributed by atoms with Crippen LogP contribution < -0.4 is 5.32 Å². The number of nitrogens with zero attached hydrogens (tertiary/aromatic N) is 1. The predicted molar refractivity (Wildman–Crippen MR) is 71.0 cm³/mol. The van der Waals surface area contributed by atoms with Crippen molar-refractivity contribution in [3.8, 4) is 0 Å². The van der Waals surface area contributed by atoms with Crippen LogP contribution in [0.25, 0.3) is 10.9 Å². The molecule has 0 saturated carbocycles. The molecule has 0 bridgehead atoms. The van der Waals surface area contributed by atoms with E-state index in [0.29, 0.717) is 0 Å². The average molecular weight is 264 g/mol. The summed E-state index contributed by atoms with van der Waals surface area (Å²) in [6, 6.07) is 8.71. The first kappa shape index (κ1) is 14.7. The van der Waals surface area contributed by atoms with E-state index in [9.17, 15) is 0 Å². The minimum Gasteiger partial charge on any atom is -0.473 e. The first-order chi connectivity index (χ1) is 8.95. The van der Waals surface area contributed by atoms with E-state index in [-0.39, 0.29) is 0 Å². The Hall–Kier alpha value is -2.34. The average Bonchev–Trinajstić information content (AvgIpc) is 2.72. The van der Waals surface area contributed by atoms with Crippen molar-refractivity contribution in [2.45, 2.75) is 6.54 Å². The molecule has 1 aromatic heterocycles. The molecule has 0 fully saturated rings. The Bertz CT molecular complexity index is 577. The van der Waals surface area contributed by atoms with Gasteiger partial charge in [0.15, 0.2) is 0 Å². The fraction of sp³-hybridized carbons (Fsp3) is 0.231. The molecule has 0 aliphatic rings. The van der Waals surface area contributed by atoms with Crippen LogP contribution in [0.4, 0.5) is 0 Å². The first-order valence-electron chi connectivity index (χ1n) is 5.60. The van der Waals surface area contributed by atoms with Gasteiger partial charge in [0.1, 0.15) is 0 Å². The molecule has 102 valence electrons. The number of aromatic nitrogens is 1. The van der Waals surface area contributed by atoms with Gasteiger partial charge in [-0.3, -0.25) is 0 Å². The van der Waals surface area contributed by atoms with Crippen LogP contribution in [0, 0.1) is 0 Å². The van der Waals surface area contributed by atoms with Crippen LogP contribution >= 0.6 is 0 Å². The molecule has 0 aliphatic heterocycles. The molecule has 0 aliphatic carbocycles. The van der Waals surface area contributed by atoms with Crippen LogP contribution in [-0.4, -0.2) is 33.8 Å². The van der Waals surface area contributed by atoms with E-state index in [4.69, 9.17) is 19.8 Å². The normalized spacial score (nSPS) is 9.79. The van der Waals surface area contributed by atoms with Gasteiger partial charge < -0.3 is 20.1 Å². The maximum atomic E-state index is 9.10. The third kappa shape index (κ3) is 4.11. The highest BCUT2D eigenvalue weighted by molar-refractivity contribution is 6.27. The molecule has 19 heavy (non-hydrogen) atoms.